The van der Waals surface area contributed by atoms with Crippen molar-refractivity contribution in [2.45, 2.75) is 4.90 Å². The van der Waals surface area contributed by atoms with Gasteiger partial charge in [0.2, 0.25) is 0 Å². The van der Waals surface area contributed by atoms with Gasteiger partial charge in [-0.15, -0.1) is 0 Å². The van der Waals surface area contributed by atoms with Crippen LogP contribution < -0.4 is 4.72 Å². The number of benzene rings is 2. The third-order valence-electron chi connectivity index (χ3n) is 2.65. The summed E-state index contributed by atoms with van der Waals surface area (Å²) in [6.07, 6.45) is 0. The molecular formula is C13H8Cl3NO4S. The van der Waals surface area contributed by atoms with Crippen LogP contribution in [0.25, 0.3) is 0 Å². The fraction of sp³-hybridized carbons (Fsp3) is 0. The minimum absolute atomic E-state index is 0.0804. The minimum Gasteiger partial charge on any atom is -0.478 e. The van der Waals surface area contributed by atoms with Gasteiger partial charge in [-0.05, 0) is 36.4 Å². The van der Waals surface area contributed by atoms with E-state index in [2.05, 4.69) is 4.72 Å². The van der Waals surface area contributed by atoms with Crippen LogP contribution in [-0.2, 0) is 10.0 Å². The minimum atomic E-state index is -4.02. The lowest BCUT2D eigenvalue weighted by Gasteiger charge is -2.13. The molecule has 0 aliphatic heterocycles. The predicted molar refractivity (Wildman–Crippen MR) is 85.7 cm³/mol. The van der Waals surface area contributed by atoms with Gasteiger partial charge in [0, 0.05) is 10.0 Å². The zero-order chi connectivity index (χ0) is 16.5. The van der Waals surface area contributed by atoms with E-state index in [1.54, 1.807) is 0 Å². The first-order chi connectivity index (χ1) is 10.2. The van der Waals surface area contributed by atoms with E-state index < -0.39 is 16.0 Å². The molecule has 0 bridgehead atoms. The summed E-state index contributed by atoms with van der Waals surface area (Å²) < 4.78 is 26.7. The number of hydrogen-bond donors (Lipinski definition) is 2. The van der Waals surface area contributed by atoms with Crippen molar-refractivity contribution in [3.63, 3.8) is 0 Å². The number of nitrogens with one attached hydrogen (secondary N) is 1. The molecule has 0 radical (unpaired) electrons. The quantitative estimate of drug-likeness (QED) is 0.835. The molecule has 0 fully saturated rings. The third-order valence-corrected chi connectivity index (χ3v) is 4.78. The predicted octanol–water partition coefficient (Wildman–Crippen LogP) is 4.15. The van der Waals surface area contributed by atoms with E-state index in [0.717, 1.165) is 6.07 Å². The average Bonchev–Trinajstić information content (AvgIpc) is 2.41. The van der Waals surface area contributed by atoms with Gasteiger partial charge in [-0.1, -0.05) is 34.8 Å². The number of carbonyl (C=O) groups is 1. The van der Waals surface area contributed by atoms with Crippen molar-refractivity contribution >= 4 is 56.5 Å². The summed E-state index contributed by atoms with van der Waals surface area (Å²) in [5, 5.41) is 9.48. The zero-order valence-electron chi connectivity index (χ0n) is 10.7. The van der Waals surface area contributed by atoms with Crippen molar-refractivity contribution in [2.75, 3.05) is 4.72 Å². The highest BCUT2D eigenvalue weighted by atomic mass is 35.5. The SMILES string of the molecule is O=C(O)c1cc(Cl)cc(Cl)c1NS(=O)(=O)c1ccc(Cl)cc1. The molecule has 0 saturated heterocycles. The topological polar surface area (TPSA) is 83.5 Å². The maximum absolute atomic E-state index is 12.3. The lowest BCUT2D eigenvalue weighted by Crippen LogP contribution is -2.16. The molecular weight excluding hydrogens is 373 g/mol. The van der Waals surface area contributed by atoms with Crippen molar-refractivity contribution in [3.05, 3.63) is 57.0 Å². The van der Waals surface area contributed by atoms with Gasteiger partial charge in [-0.3, -0.25) is 4.72 Å². The summed E-state index contributed by atoms with van der Waals surface area (Å²) in [6.45, 7) is 0. The van der Waals surface area contributed by atoms with Crippen molar-refractivity contribution in [1.29, 1.82) is 0 Å². The van der Waals surface area contributed by atoms with E-state index in [1.807, 2.05) is 0 Å². The number of carboxylic acids is 1. The van der Waals surface area contributed by atoms with Crippen LogP contribution in [0.1, 0.15) is 10.4 Å². The lowest BCUT2D eigenvalue weighted by atomic mass is 10.2. The van der Waals surface area contributed by atoms with Gasteiger partial charge >= 0.3 is 5.97 Å². The Kier molecular flexibility index (Phi) is 4.87. The van der Waals surface area contributed by atoms with Crippen LogP contribution in [0, 0.1) is 0 Å². The van der Waals surface area contributed by atoms with Crippen LogP contribution in [0.4, 0.5) is 5.69 Å². The Morgan fingerprint density at radius 3 is 2.14 bits per heavy atom. The summed E-state index contributed by atoms with van der Waals surface area (Å²) in [6, 6.07) is 7.73. The Labute approximate surface area is 141 Å². The van der Waals surface area contributed by atoms with Gasteiger partial charge in [-0.2, -0.15) is 0 Å². The molecule has 2 rings (SSSR count). The Hall–Kier alpha value is -1.47. The Bertz CT molecular complexity index is 835. The molecule has 0 heterocycles. The average molecular weight is 381 g/mol. The molecule has 9 heteroatoms. The van der Waals surface area contributed by atoms with Gasteiger partial charge in [0.15, 0.2) is 0 Å². The number of sulfonamides is 1. The molecule has 2 N–H and O–H groups in total. The van der Waals surface area contributed by atoms with Crippen LogP contribution >= 0.6 is 34.8 Å². The molecule has 0 aliphatic rings. The Morgan fingerprint density at radius 2 is 1.59 bits per heavy atom. The van der Waals surface area contributed by atoms with E-state index in [-0.39, 0.29) is 26.2 Å². The van der Waals surface area contributed by atoms with Crippen molar-refractivity contribution < 1.29 is 18.3 Å². The summed E-state index contributed by atoms with van der Waals surface area (Å²) in [7, 11) is -4.02. The smallest absolute Gasteiger partial charge is 0.337 e. The van der Waals surface area contributed by atoms with Gasteiger partial charge in [0.25, 0.3) is 10.0 Å². The largest absolute Gasteiger partial charge is 0.478 e. The summed E-state index contributed by atoms with van der Waals surface area (Å²) in [5.74, 6) is -1.36. The normalized spacial score (nSPS) is 11.2. The molecule has 0 unspecified atom stereocenters. The van der Waals surface area contributed by atoms with E-state index in [1.165, 1.54) is 30.3 Å². The Morgan fingerprint density at radius 1 is 1.00 bits per heavy atom. The van der Waals surface area contributed by atoms with E-state index in [9.17, 15) is 13.2 Å². The van der Waals surface area contributed by atoms with Crippen molar-refractivity contribution in [3.8, 4) is 0 Å². The van der Waals surface area contributed by atoms with Gasteiger partial charge in [-0.25, -0.2) is 13.2 Å². The first-order valence-electron chi connectivity index (χ1n) is 5.71. The highest BCUT2D eigenvalue weighted by molar-refractivity contribution is 7.92. The highest BCUT2D eigenvalue weighted by Crippen LogP contribution is 2.32. The van der Waals surface area contributed by atoms with E-state index >= 15 is 0 Å². The molecule has 0 atom stereocenters. The number of carboxylic acid groups (broad SMARTS) is 1. The second-order valence-corrected chi connectivity index (χ2v) is 7.14. The van der Waals surface area contributed by atoms with Crippen LogP contribution in [0.5, 0.6) is 0 Å². The lowest BCUT2D eigenvalue weighted by molar-refractivity contribution is 0.0698. The van der Waals surface area contributed by atoms with Gasteiger partial charge < -0.3 is 5.11 Å². The first kappa shape index (κ1) is 16.9. The van der Waals surface area contributed by atoms with Gasteiger partial charge in [0.05, 0.1) is 21.2 Å². The number of hydrogen-bond acceptors (Lipinski definition) is 3. The summed E-state index contributed by atoms with van der Waals surface area (Å²) in [5.41, 5.74) is -0.608. The molecule has 0 aromatic heterocycles. The summed E-state index contributed by atoms with van der Waals surface area (Å²) >= 11 is 17.3. The fourth-order valence-corrected chi connectivity index (χ4v) is 3.48. The molecule has 116 valence electrons. The molecule has 2 aromatic carbocycles. The van der Waals surface area contributed by atoms with Crippen molar-refractivity contribution in [1.82, 2.24) is 0 Å². The second kappa shape index (κ2) is 6.34. The van der Waals surface area contributed by atoms with Crippen LogP contribution in [0.2, 0.25) is 15.1 Å². The van der Waals surface area contributed by atoms with Crippen molar-refractivity contribution in [2.24, 2.45) is 0 Å². The van der Waals surface area contributed by atoms with Crippen LogP contribution in [-0.4, -0.2) is 19.5 Å². The third kappa shape index (κ3) is 3.64. The maximum atomic E-state index is 12.3. The zero-order valence-corrected chi connectivity index (χ0v) is 13.8. The van der Waals surface area contributed by atoms with Crippen LogP contribution in [0.15, 0.2) is 41.3 Å². The molecule has 22 heavy (non-hydrogen) atoms. The second-order valence-electron chi connectivity index (χ2n) is 4.17. The molecule has 0 aliphatic carbocycles. The number of aromatic carboxylic acids is 1. The molecule has 0 amide bonds. The fourth-order valence-electron chi connectivity index (χ4n) is 1.65. The molecule has 2 aromatic rings. The standard InChI is InChI=1S/C13H8Cl3NO4S/c14-7-1-3-9(4-2-7)22(20,21)17-12-10(13(18)19)5-8(15)6-11(12)16/h1-6,17H,(H,18,19). The first-order valence-corrected chi connectivity index (χ1v) is 8.33. The number of anilines is 1. The summed E-state index contributed by atoms with van der Waals surface area (Å²) in [4.78, 5) is 11.1. The molecule has 0 saturated carbocycles. The molecule has 0 spiro atoms. The van der Waals surface area contributed by atoms with E-state index in [0.29, 0.717) is 5.02 Å². The van der Waals surface area contributed by atoms with E-state index in [4.69, 9.17) is 39.9 Å². The molecule has 5 nitrogen and oxygen atoms in total. The monoisotopic (exact) mass is 379 g/mol. The van der Waals surface area contributed by atoms with Crippen LogP contribution in [0.3, 0.4) is 0 Å². The maximum Gasteiger partial charge on any atom is 0.337 e. The van der Waals surface area contributed by atoms with Gasteiger partial charge in [0.1, 0.15) is 0 Å². The number of halogens is 3. The highest BCUT2D eigenvalue weighted by Gasteiger charge is 2.21. The Balaban J connectivity index is 2.50. The number of rotatable bonds is 4.